The number of aryl methyl sites for hydroxylation is 3. The van der Waals surface area contributed by atoms with Gasteiger partial charge in [-0.2, -0.15) is 0 Å². The monoisotopic (exact) mass is 462 g/mol. The second-order valence-electron chi connectivity index (χ2n) is 9.17. The van der Waals surface area contributed by atoms with Crippen molar-refractivity contribution >= 4 is 28.7 Å². The third-order valence-electron chi connectivity index (χ3n) is 6.58. The summed E-state index contributed by atoms with van der Waals surface area (Å²) in [5, 5.41) is 3.02. The number of aromatic nitrogens is 2. The Hall–Kier alpha value is -3.39. The molecule has 0 saturated carbocycles. The highest BCUT2D eigenvalue weighted by molar-refractivity contribution is 5.97. The Morgan fingerprint density at radius 1 is 1.00 bits per heavy atom. The molecule has 8 nitrogen and oxygen atoms in total. The smallest absolute Gasteiger partial charge is 0.321 e. The van der Waals surface area contributed by atoms with Crippen molar-refractivity contribution in [3.63, 3.8) is 0 Å². The molecule has 180 valence electrons. The third kappa shape index (κ3) is 4.92. The fraction of sp³-hybridized carbons (Fsp3) is 0.423. The molecular weight excluding hydrogens is 428 g/mol. The minimum atomic E-state index is -0.0539. The van der Waals surface area contributed by atoms with E-state index in [0.717, 1.165) is 42.2 Å². The molecule has 1 N–H and O–H groups in total. The molecule has 34 heavy (non-hydrogen) atoms. The summed E-state index contributed by atoms with van der Waals surface area (Å²) in [6, 6.07) is 11.7. The van der Waals surface area contributed by atoms with Crippen LogP contribution in [-0.2, 0) is 13.1 Å². The summed E-state index contributed by atoms with van der Waals surface area (Å²) in [5.74, 6) is 0.963. The number of benzene rings is 2. The molecule has 0 unspecified atom stereocenters. The van der Waals surface area contributed by atoms with Gasteiger partial charge < -0.3 is 19.7 Å². The molecule has 4 rings (SSSR count). The zero-order valence-corrected chi connectivity index (χ0v) is 20.8. The number of carbonyl (C=O) groups is 2. The van der Waals surface area contributed by atoms with Crippen molar-refractivity contribution in [2.75, 3.05) is 45.6 Å². The summed E-state index contributed by atoms with van der Waals surface area (Å²) in [6.07, 6.45) is 0. The van der Waals surface area contributed by atoms with Crippen molar-refractivity contribution in [2.45, 2.75) is 33.9 Å². The van der Waals surface area contributed by atoms with Crippen molar-refractivity contribution in [1.29, 1.82) is 0 Å². The van der Waals surface area contributed by atoms with Crippen LogP contribution >= 0.6 is 0 Å². The lowest BCUT2D eigenvalue weighted by Gasteiger charge is -2.34. The third-order valence-corrected chi connectivity index (χ3v) is 6.58. The largest absolute Gasteiger partial charge is 0.345 e. The van der Waals surface area contributed by atoms with Crippen LogP contribution in [0.3, 0.4) is 0 Å². The Kier molecular flexibility index (Phi) is 6.88. The molecule has 0 radical (unpaired) electrons. The van der Waals surface area contributed by atoms with E-state index in [2.05, 4.69) is 28.6 Å². The summed E-state index contributed by atoms with van der Waals surface area (Å²) >= 11 is 0. The second-order valence-corrected chi connectivity index (χ2v) is 9.17. The maximum absolute atomic E-state index is 12.7. The van der Waals surface area contributed by atoms with Crippen molar-refractivity contribution < 1.29 is 9.59 Å². The number of fused-ring (bicyclic) bond motifs is 1. The topological polar surface area (TPSA) is 73.7 Å². The van der Waals surface area contributed by atoms with Crippen LogP contribution in [-0.4, -0.2) is 76.5 Å². The Balaban J connectivity index is 1.40. The van der Waals surface area contributed by atoms with Gasteiger partial charge in [0.2, 0.25) is 0 Å². The number of carbonyl (C=O) groups excluding carboxylic acids is 2. The number of nitrogens with one attached hydrogen (secondary N) is 1. The number of urea groups is 1. The average Bonchev–Trinajstić information content (AvgIpc) is 3.17. The molecule has 1 saturated heterocycles. The van der Waals surface area contributed by atoms with Crippen molar-refractivity contribution in [1.82, 2.24) is 24.3 Å². The van der Waals surface area contributed by atoms with Gasteiger partial charge >= 0.3 is 6.03 Å². The Morgan fingerprint density at radius 3 is 2.38 bits per heavy atom. The first-order valence-electron chi connectivity index (χ1n) is 11.8. The molecule has 1 aliphatic heterocycles. The van der Waals surface area contributed by atoms with Crippen LogP contribution in [0, 0.1) is 13.8 Å². The van der Waals surface area contributed by atoms with E-state index in [1.807, 2.05) is 48.2 Å². The molecule has 0 spiro atoms. The highest BCUT2D eigenvalue weighted by Gasteiger charge is 2.23. The first-order valence-corrected chi connectivity index (χ1v) is 11.8. The Bertz CT molecular complexity index is 1210. The van der Waals surface area contributed by atoms with E-state index in [-0.39, 0.29) is 11.9 Å². The number of hydrogen-bond acceptors (Lipinski definition) is 4. The zero-order chi connectivity index (χ0) is 24.4. The lowest BCUT2D eigenvalue weighted by atomic mass is 10.1. The molecule has 1 aliphatic rings. The molecule has 1 aromatic heterocycles. The van der Waals surface area contributed by atoms with E-state index < -0.39 is 0 Å². The normalized spacial score (nSPS) is 14.4. The maximum Gasteiger partial charge on any atom is 0.321 e. The van der Waals surface area contributed by atoms with Crippen LogP contribution in [0.5, 0.6) is 0 Å². The molecule has 1 fully saturated rings. The molecule has 2 heterocycles. The molecule has 0 aliphatic carbocycles. The summed E-state index contributed by atoms with van der Waals surface area (Å²) in [7, 11) is 3.51. The molecule has 3 amide bonds. The predicted molar refractivity (Wildman–Crippen MR) is 135 cm³/mol. The number of imidazole rings is 1. The summed E-state index contributed by atoms with van der Waals surface area (Å²) < 4.78 is 2.21. The van der Waals surface area contributed by atoms with Crippen LogP contribution in [0.25, 0.3) is 11.0 Å². The van der Waals surface area contributed by atoms with E-state index in [4.69, 9.17) is 4.98 Å². The maximum atomic E-state index is 12.7. The number of rotatable bonds is 5. The standard InChI is InChI=1S/C26H34N6O2/c1-6-32-23-10-8-20(25(33)29(4)5)16-22(23)28-24(32)17-30-11-13-31(14-12-30)26(34)27-21-9-7-18(2)19(3)15-21/h7-10,15-16H,6,11-14,17H2,1-5H3,(H,27,34). The summed E-state index contributed by atoms with van der Waals surface area (Å²) in [5.41, 5.74) is 5.74. The summed E-state index contributed by atoms with van der Waals surface area (Å²) in [6.45, 7) is 10.7. The minimum Gasteiger partial charge on any atom is -0.345 e. The first-order chi connectivity index (χ1) is 16.3. The number of hydrogen-bond donors (Lipinski definition) is 1. The Labute approximate surface area is 201 Å². The number of nitrogens with zero attached hydrogens (tertiary/aromatic N) is 5. The predicted octanol–water partition coefficient (Wildman–Crippen LogP) is 3.72. The van der Waals surface area contributed by atoms with Crippen LogP contribution < -0.4 is 5.32 Å². The van der Waals surface area contributed by atoms with E-state index >= 15 is 0 Å². The second kappa shape index (κ2) is 9.85. The van der Waals surface area contributed by atoms with Crippen molar-refractivity contribution in [3.05, 3.63) is 58.9 Å². The van der Waals surface area contributed by atoms with Crippen molar-refractivity contribution in [2.24, 2.45) is 0 Å². The molecule has 0 bridgehead atoms. The lowest BCUT2D eigenvalue weighted by molar-refractivity contribution is 0.0827. The van der Waals surface area contributed by atoms with Gasteiger partial charge in [0.15, 0.2) is 0 Å². The van der Waals surface area contributed by atoms with Crippen molar-refractivity contribution in [3.8, 4) is 0 Å². The van der Waals surface area contributed by atoms with Gasteiger partial charge in [-0.15, -0.1) is 0 Å². The average molecular weight is 463 g/mol. The molecular formula is C26H34N6O2. The molecule has 2 aromatic carbocycles. The molecule has 3 aromatic rings. The number of amides is 3. The van der Waals surface area contributed by atoms with Gasteiger partial charge in [-0.05, 0) is 62.2 Å². The van der Waals surface area contributed by atoms with Gasteiger partial charge in [0.1, 0.15) is 5.82 Å². The number of piperazine rings is 1. The van der Waals surface area contributed by atoms with Crippen LogP contribution in [0.2, 0.25) is 0 Å². The van der Waals surface area contributed by atoms with E-state index in [1.165, 1.54) is 11.1 Å². The first kappa shape index (κ1) is 23.8. The Morgan fingerprint density at radius 2 is 1.74 bits per heavy atom. The molecule has 8 heteroatoms. The van der Waals surface area contributed by atoms with E-state index in [0.29, 0.717) is 25.2 Å². The van der Waals surface area contributed by atoms with Crippen LogP contribution in [0.15, 0.2) is 36.4 Å². The number of anilines is 1. The van der Waals surface area contributed by atoms with Gasteiger partial charge in [0, 0.05) is 58.1 Å². The van der Waals surface area contributed by atoms with Gasteiger partial charge in [-0.3, -0.25) is 9.69 Å². The minimum absolute atomic E-state index is 0.0234. The van der Waals surface area contributed by atoms with Crippen LogP contribution in [0.4, 0.5) is 10.5 Å². The van der Waals surface area contributed by atoms with Gasteiger partial charge in [-0.1, -0.05) is 6.07 Å². The quantitative estimate of drug-likeness (QED) is 0.627. The van der Waals surface area contributed by atoms with E-state index in [1.54, 1.807) is 19.0 Å². The highest BCUT2D eigenvalue weighted by atomic mass is 16.2. The fourth-order valence-electron chi connectivity index (χ4n) is 4.38. The van der Waals surface area contributed by atoms with Gasteiger partial charge in [0.25, 0.3) is 5.91 Å². The molecule has 0 atom stereocenters. The fourth-order valence-corrected chi connectivity index (χ4v) is 4.38. The summed E-state index contributed by atoms with van der Waals surface area (Å²) in [4.78, 5) is 35.7. The van der Waals surface area contributed by atoms with Crippen LogP contribution in [0.1, 0.15) is 34.2 Å². The van der Waals surface area contributed by atoms with E-state index in [9.17, 15) is 9.59 Å². The lowest BCUT2D eigenvalue weighted by Crippen LogP contribution is -2.49. The highest BCUT2D eigenvalue weighted by Crippen LogP contribution is 2.21. The van der Waals surface area contributed by atoms with Gasteiger partial charge in [0.05, 0.1) is 17.6 Å². The zero-order valence-electron chi connectivity index (χ0n) is 20.8. The SMILES string of the molecule is CCn1c(CN2CCN(C(=O)Nc3ccc(C)c(C)c3)CC2)nc2cc(C(=O)N(C)C)ccc21. The van der Waals surface area contributed by atoms with Gasteiger partial charge in [-0.25, -0.2) is 9.78 Å².